The molecule has 0 atom stereocenters. The van der Waals surface area contributed by atoms with Crippen molar-refractivity contribution in [1.29, 1.82) is 0 Å². The molecule has 0 aliphatic heterocycles. The van der Waals surface area contributed by atoms with Crippen molar-refractivity contribution in [3.8, 4) is 10.6 Å². The molecule has 2 aromatic heterocycles. The number of benzene rings is 2. The second kappa shape index (κ2) is 9.65. The molecule has 2 N–H and O–H groups in total. The Morgan fingerprint density at radius 3 is 2.42 bits per heavy atom. The molecule has 10 heteroatoms. The molecule has 4 rings (SSSR count). The zero-order valence-corrected chi connectivity index (χ0v) is 19.8. The van der Waals surface area contributed by atoms with Crippen LogP contribution in [0.2, 0.25) is 0 Å². The lowest BCUT2D eigenvalue weighted by Gasteiger charge is -2.09. The monoisotopic (exact) mass is 481 g/mol. The highest BCUT2D eigenvalue weighted by atomic mass is 32.2. The van der Waals surface area contributed by atoms with E-state index < -0.39 is 10.0 Å². The highest BCUT2D eigenvalue weighted by molar-refractivity contribution is 7.89. The van der Waals surface area contributed by atoms with E-state index in [1.165, 1.54) is 12.1 Å². The molecule has 4 aromatic rings. The van der Waals surface area contributed by atoms with Crippen LogP contribution in [0.5, 0.6) is 0 Å². The van der Waals surface area contributed by atoms with E-state index in [2.05, 4.69) is 20.0 Å². The maximum atomic E-state index is 12.6. The SMILES string of the molecule is Cc1c(-c2ccnc(Nc3ccc(S(=O)(=O)NCCc4ccccc4)cc3)n2)sc(=O)n1C. The molecule has 2 heterocycles. The van der Waals surface area contributed by atoms with Gasteiger partial charge in [-0.05, 0) is 49.2 Å². The summed E-state index contributed by atoms with van der Waals surface area (Å²) in [4.78, 5) is 21.6. The summed E-state index contributed by atoms with van der Waals surface area (Å²) in [6.45, 7) is 2.19. The molecular formula is C23H23N5O3S2. The number of nitrogens with one attached hydrogen (secondary N) is 2. The Kier molecular flexibility index (Phi) is 6.68. The number of sulfonamides is 1. The van der Waals surface area contributed by atoms with Crippen LogP contribution >= 0.6 is 11.3 Å². The number of hydrogen-bond acceptors (Lipinski definition) is 7. The fraction of sp³-hybridized carbons (Fsp3) is 0.174. The lowest BCUT2D eigenvalue weighted by molar-refractivity contribution is 0.581. The van der Waals surface area contributed by atoms with Crippen molar-refractivity contribution >= 4 is 33.0 Å². The number of anilines is 2. The highest BCUT2D eigenvalue weighted by Crippen LogP contribution is 2.25. The van der Waals surface area contributed by atoms with Crippen LogP contribution in [-0.2, 0) is 23.5 Å². The van der Waals surface area contributed by atoms with Gasteiger partial charge in [-0.25, -0.2) is 23.1 Å². The predicted octanol–water partition coefficient (Wildman–Crippen LogP) is 3.48. The number of hydrogen-bond donors (Lipinski definition) is 2. The summed E-state index contributed by atoms with van der Waals surface area (Å²) in [6.07, 6.45) is 2.23. The summed E-state index contributed by atoms with van der Waals surface area (Å²) < 4.78 is 29.4. The third kappa shape index (κ3) is 5.36. The minimum absolute atomic E-state index is 0.0511. The predicted molar refractivity (Wildman–Crippen MR) is 130 cm³/mol. The van der Waals surface area contributed by atoms with Crippen LogP contribution in [0.15, 0.2) is 76.6 Å². The summed E-state index contributed by atoms with van der Waals surface area (Å²) in [5, 5.41) is 3.08. The van der Waals surface area contributed by atoms with Crippen molar-refractivity contribution in [2.45, 2.75) is 18.2 Å². The largest absolute Gasteiger partial charge is 0.324 e. The maximum Gasteiger partial charge on any atom is 0.307 e. The van der Waals surface area contributed by atoms with Crippen molar-refractivity contribution in [2.24, 2.45) is 7.05 Å². The Balaban J connectivity index is 1.43. The van der Waals surface area contributed by atoms with E-state index in [1.54, 1.807) is 36.0 Å². The quantitative estimate of drug-likeness (QED) is 0.399. The van der Waals surface area contributed by atoms with Gasteiger partial charge in [0.1, 0.15) is 0 Å². The first-order chi connectivity index (χ1) is 15.8. The highest BCUT2D eigenvalue weighted by Gasteiger charge is 2.14. The van der Waals surface area contributed by atoms with Crippen LogP contribution < -0.4 is 14.9 Å². The van der Waals surface area contributed by atoms with Gasteiger partial charge in [0, 0.05) is 31.2 Å². The summed E-state index contributed by atoms with van der Waals surface area (Å²) in [5.74, 6) is 0.354. The van der Waals surface area contributed by atoms with Gasteiger partial charge in [-0.2, -0.15) is 0 Å². The molecule has 0 aliphatic rings. The fourth-order valence-corrected chi connectivity index (χ4v) is 5.19. The Morgan fingerprint density at radius 1 is 1.03 bits per heavy atom. The lowest BCUT2D eigenvalue weighted by atomic mass is 10.2. The molecule has 0 unspecified atom stereocenters. The number of thiazole rings is 1. The van der Waals surface area contributed by atoms with Crippen molar-refractivity contribution in [3.05, 3.63) is 87.8 Å². The molecule has 0 fully saturated rings. The minimum atomic E-state index is -3.61. The van der Waals surface area contributed by atoms with Crippen molar-refractivity contribution in [3.63, 3.8) is 0 Å². The molecule has 8 nitrogen and oxygen atoms in total. The summed E-state index contributed by atoms with van der Waals surface area (Å²) in [7, 11) is -1.88. The Bertz CT molecular complexity index is 1410. The van der Waals surface area contributed by atoms with Gasteiger partial charge in [-0.15, -0.1) is 0 Å². The topological polar surface area (TPSA) is 106 Å². The van der Waals surface area contributed by atoms with Gasteiger partial charge in [0.25, 0.3) is 0 Å². The van der Waals surface area contributed by atoms with Crippen LogP contribution in [0, 0.1) is 6.92 Å². The van der Waals surface area contributed by atoms with Gasteiger partial charge in [0.15, 0.2) is 0 Å². The van der Waals surface area contributed by atoms with Crippen LogP contribution in [0.25, 0.3) is 10.6 Å². The first kappa shape index (κ1) is 22.8. The zero-order valence-electron chi connectivity index (χ0n) is 18.1. The standard InChI is InChI=1S/C23H23N5O3S2/c1-16-21(32-23(29)28(16)2)20-13-14-24-22(27-20)26-18-8-10-19(11-9-18)33(30,31)25-15-12-17-6-4-3-5-7-17/h3-11,13-14,25H,12,15H2,1-2H3,(H,24,26,27). The number of rotatable bonds is 8. The molecule has 33 heavy (non-hydrogen) atoms. The molecule has 0 aliphatic carbocycles. The fourth-order valence-electron chi connectivity index (χ4n) is 3.21. The van der Waals surface area contributed by atoms with Crippen LogP contribution in [0.4, 0.5) is 11.6 Å². The van der Waals surface area contributed by atoms with E-state index in [9.17, 15) is 13.2 Å². The van der Waals surface area contributed by atoms with Crippen LogP contribution in [0.3, 0.4) is 0 Å². The first-order valence-electron chi connectivity index (χ1n) is 10.2. The van der Waals surface area contributed by atoms with E-state index in [1.807, 2.05) is 37.3 Å². The van der Waals surface area contributed by atoms with Crippen molar-refractivity contribution in [1.82, 2.24) is 19.3 Å². The molecule has 0 spiro atoms. The Hall–Kier alpha value is -3.34. The van der Waals surface area contributed by atoms with Gasteiger partial charge >= 0.3 is 4.87 Å². The molecule has 0 bridgehead atoms. The summed E-state index contributed by atoms with van der Waals surface area (Å²) in [5.41, 5.74) is 3.20. The number of nitrogens with zero attached hydrogens (tertiary/aromatic N) is 3. The van der Waals surface area contributed by atoms with E-state index >= 15 is 0 Å². The van der Waals surface area contributed by atoms with Crippen molar-refractivity contribution in [2.75, 3.05) is 11.9 Å². The molecule has 0 saturated carbocycles. The van der Waals surface area contributed by atoms with Gasteiger partial charge < -0.3 is 9.88 Å². The van der Waals surface area contributed by atoms with E-state index in [-0.39, 0.29) is 9.77 Å². The normalized spacial score (nSPS) is 11.5. The zero-order chi connectivity index (χ0) is 23.4. The second-order valence-electron chi connectivity index (χ2n) is 7.39. The Morgan fingerprint density at radius 2 is 1.76 bits per heavy atom. The van der Waals surface area contributed by atoms with E-state index in [4.69, 9.17) is 0 Å². The molecular weight excluding hydrogens is 458 g/mol. The van der Waals surface area contributed by atoms with Crippen molar-refractivity contribution < 1.29 is 8.42 Å². The Labute approximate surface area is 196 Å². The van der Waals surface area contributed by atoms with Gasteiger partial charge in [0.05, 0.1) is 15.5 Å². The van der Waals surface area contributed by atoms with Gasteiger partial charge in [0.2, 0.25) is 16.0 Å². The molecule has 0 radical (unpaired) electrons. The molecule has 2 aromatic carbocycles. The van der Waals surface area contributed by atoms with Gasteiger partial charge in [-0.1, -0.05) is 41.7 Å². The summed E-state index contributed by atoms with van der Waals surface area (Å²) >= 11 is 1.13. The molecule has 0 amide bonds. The van der Waals surface area contributed by atoms with Crippen LogP contribution in [-0.4, -0.2) is 29.5 Å². The van der Waals surface area contributed by atoms with E-state index in [0.717, 1.165) is 27.5 Å². The average Bonchev–Trinajstić information content (AvgIpc) is 3.07. The lowest BCUT2D eigenvalue weighted by Crippen LogP contribution is -2.25. The maximum absolute atomic E-state index is 12.6. The van der Waals surface area contributed by atoms with E-state index in [0.29, 0.717) is 30.3 Å². The average molecular weight is 482 g/mol. The minimum Gasteiger partial charge on any atom is -0.324 e. The van der Waals surface area contributed by atoms with Crippen LogP contribution in [0.1, 0.15) is 11.3 Å². The first-order valence-corrected chi connectivity index (χ1v) is 12.5. The molecule has 170 valence electrons. The third-order valence-corrected chi connectivity index (χ3v) is 7.79. The smallest absolute Gasteiger partial charge is 0.307 e. The summed E-state index contributed by atoms with van der Waals surface area (Å²) in [6, 6.07) is 17.8. The van der Waals surface area contributed by atoms with Gasteiger partial charge in [-0.3, -0.25) is 4.79 Å². The second-order valence-corrected chi connectivity index (χ2v) is 10.1. The third-order valence-electron chi connectivity index (χ3n) is 5.15. The number of aromatic nitrogens is 3. The molecule has 0 saturated heterocycles.